The highest BCUT2D eigenvalue weighted by atomic mass is 35.5. The molecule has 0 amide bonds. The molecule has 0 saturated carbocycles. The highest BCUT2D eigenvalue weighted by molar-refractivity contribution is 7.99. The van der Waals surface area contributed by atoms with Gasteiger partial charge < -0.3 is 4.98 Å². The number of thioether (sulfide) groups is 1. The molecule has 1 aromatic carbocycles. The summed E-state index contributed by atoms with van der Waals surface area (Å²) in [6, 6.07) is 9.63. The summed E-state index contributed by atoms with van der Waals surface area (Å²) in [6.07, 6.45) is 1.92. The topological polar surface area (TPSA) is 54.5 Å². The second kappa shape index (κ2) is 5.40. The lowest BCUT2D eigenvalue weighted by Crippen LogP contribution is -1.89. The fraction of sp³-hybridized carbons (Fsp3) is 0.0833. The fourth-order valence-electron chi connectivity index (χ4n) is 1.60. The number of H-pyrrole nitrogens is 1. The van der Waals surface area contributed by atoms with Crippen LogP contribution in [0.1, 0.15) is 0 Å². The van der Waals surface area contributed by atoms with Crippen molar-refractivity contribution in [3.63, 3.8) is 0 Å². The molecule has 0 aliphatic carbocycles. The van der Waals surface area contributed by atoms with Gasteiger partial charge in [0.25, 0.3) is 0 Å². The summed E-state index contributed by atoms with van der Waals surface area (Å²) in [6.45, 7) is 0. The SMILES string of the molecule is CSc1nc(Cl)cc(Sc2nc3ccccc3[nH]2)n1. The van der Waals surface area contributed by atoms with Crippen molar-refractivity contribution in [1.29, 1.82) is 0 Å². The molecule has 0 saturated heterocycles. The zero-order valence-electron chi connectivity index (χ0n) is 9.92. The highest BCUT2D eigenvalue weighted by Crippen LogP contribution is 2.28. The van der Waals surface area contributed by atoms with E-state index in [1.807, 2.05) is 30.5 Å². The van der Waals surface area contributed by atoms with Crippen LogP contribution in [0, 0.1) is 0 Å². The first-order valence-corrected chi connectivity index (χ1v) is 7.88. The molecule has 0 aliphatic heterocycles. The lowest BCUT2D eigenvalue weighted by molar-refractivity contribution is 0.890. The Bertz CT molecular complexity index is 696. The van der Waals surface area contributed by atoms with Crippen LogP contribution in [0.5, 0.6) is 0 Å². The van der Waals surface area contributed by atoms with Crippen LogP contribution < -0.4 is 0 Å². The van der Waals surface area contributed by atoms with E-state index in [0.29, 0.717) is 10.3 Å². The maximum atomic E-state index is 5.97. The fourth-order valence-corrected chi connectivity index (χ4v) is 3.14. The third-order valence-corrected chi connectivity index (χ3v) is 3.95. The van der Waals surface area contributed by atoms with Crippen LogP contribution >= 0.6 is 35.1 Å². The van der Waals surface area contributed by atoms with E-state index in [9.17, 15) is 0 Å². The zero-order chi connectivity index (χ0) is 13.2. The molecular weight excluding hydrogens is 300 g/mol. The minimum Gasteiger partial charge on any atom is -0.333 e. The molecule has 0 spiro atoms. The largest absolute Gasteiger partial charge is 0.333 e. The van der Waals surface area contributed by atoms with Crippen LogP contribution in [0.15, 0.2) is 45.7 Å². The van der Waals surface area contributed by atoms with E-state index in [0.717, 1.165) is 21.2 Å². The summed E-state index contributed by atoms with van der Waals surface area (Å²) in [5.74, 6) is 0. The maximum absolute atomic E-state index is 5.97. The molecule has 0 bridgehead atoms. The van der Waals surface area contributed by atoms with Gasteiger partial charge in [0, 0.05) is 6.07 Å². The van der Waals surface area contributed by atoms with E-state index >= 15 is 0 Å². The average molecular weight is 309 g/mol. The van der Waals surface area contributed by atoms with Gasteiger partial charge in [-0.1, -0.05) is 35.5 Å². The molecule has 0 fully saturated rings. The average Bonchev–Trinajstić information content (AvgIpc) is 2.80. The van der Waals surface area contributed by atoms with Crippen LogP contribution in [-0.4, -0.2) is 26.2 Å². The molecule has 1 N–H and O–H groups in total. The predicted octanol–water partition coefficient (Wildman–Crippen LogP) is 3.88. The first kappa shape index (κ1) is 12.8. The van der Waals surface area contributed by atoms with Gasteiger partial charge in [-0.3, -0.25) is 0 Å². The Kier molecular flexibility index (Phi) is 3.63. The first-order valence-electron chi connectivity index (χ1n) is 5.46. The van der Waals surface area contributed by atoms with E-state index in [2.05, 4.69) is 19.9 Å². The van der Waals surface area contributed by atoms with Crippen LogP contribution in [-0.2, 0) is 0 Å². The molecule has 2 heterocycles. The lowest BCUT2D eigenvalue weighted by atomic mass is 10.3. The number of para-hydroxylation sites is 2. The van der Waals surface area contributed by atoms with Crippen LogP contribution in [0.25, 0.3) is 11.0 Å². The van der Waals surface area contributed by atoms with Gasteiger partial charge in [0.15, 0.2) is 10.3 Å². The molecule has 3 aromatic rings. The van der Waals surface area contributed by atoms with Crippen LogP contribution in [0.2, 0.25) is 5.15 Å². The predicted molar refractivity (Wildman–Crippen MR) is 79.0 cm³/mol. The van der Waals surface area contributed by atoms with Crippen molar-refractivity contribution >= 4 is 46.2 Å². The third-order valence-electron chi connectivity index (χ3n) is 2.40. The molecular formula is C12H9ClN4S2. The number of hydrogen-bond donors (Lipinski definition) is 1. The van der Waals surface area contributed by atoms with Gasteiger partial charge in [0.2, 0.25) is 0 Å². The Labute approximate surface area is 123 Å². The van der Waals surface area contributed by atoms with Gasteiger partial charge in [0.05, 0.1) is 11.0 Å². The number of aromatic nitrogens is 4. The number of halogens is 1. The summed E-state index contributed by atoms with van der Waals surface area (Å²) >= 11 is 8.87. The van der Waals surface area contributed by atoms with Gasteiger partial charge in [-0.05, 0) is 30.2 Å². The molecule has 7 heteroatoms. The molecule has 2 aromatic heterocycles. The number of imidazole rings is 1. The van der Waals surface area contributed by atoms with Gasteiger partial charge in [-0.15, -0.1) is 0 Å². The molecule has 19 heavy (non-hydrogen) atoms. The minimum absolute atomic E-state index is 0.443. The Hall–Kier alpha value is -1.24. The molecule has 0 radical (unpaired) electrons. The van der Waals surface area contributed by atoms with Crippen molar-refractivity contribution in [3.8, 4) is 0 Å². The summed E-state index contributed by atoms with van der Waals surface area (Å²) in [4.78, 5) is 16.2. The van der Waals surface area contributed by atoms with Crippen molar-refractivity contribution in [2.75, 3.05) is 6.26 Å². The Balaban J connectivity index is 1.94. The van der Waals surface area contributed by atoms with Crippen LogP contribution in [0.4, 0.5) is 0 Å². The normalized spacial score (nSPS) is 11.1. The molecule has 3 rings (SSSR count). The number of nitrogens with one attached hydrogen (secondary N) is 1. The Morgan fingerprint density at radius 1 is 1.16 bits per heavy atom. The molecule has 4 nitrogen and oxygen atoms in total. The van der Waals surface area contributed by atoms with E-state index in [1.165, 1.54) is 23.5 Å². The molecule has 96 valence electrons. The number of fused-ring (bicyclic) bond motifs is 1. The summed E-state index contributed by atoms with van der Waals surface area (Å²) in [5, 5.41) is 2.68. The van der Waals surface area contributed by atoms with E-state index in [1.54, 1.807) is 6.07 Å². The summed E-state index contributed by atoms with van der Waals surface area (Å²) < 4.78 is 0. The van der Waals surface area contributed by atoms with Crippen molar-refractivity contribution < 1.29 is 0 Å². The van der Waals surface area contributed by atoms with Crippen molar-refractivity contribution in [1.82, 2.24) is 19.9 Å². The second-order valence-electron chi connectivity index (χ2n) is 3.68. The highest BCUT2D eigenvalue weighted by Gasteiger charge is 2.08. The smallest absolute Gasteiger partial charge is 0.189 e. The maximum Gasteiger partial charge on any atom is 0.189 e. The van der Waals surface area contributed by atoms with E-state index in [-0.39, 0.29) is 0 Å². The number of benzene rings is 1. The zero-order valence-corrected chi connectivity index (χ0v) is 12.3. The number of hydrogen-bond acceptors (Lipinski definition) is 5. The van der Waals surface area contributed by atoms with E-state index in [4.69, 9.17) is 11.6 Å². The second-order valence-corrected chi connectivity index (χ2v) is 5.85. The van der Waals surface area contributed by atoms with Crippen LogP contribution in [0.3, 0.4) is 0 Å². The summed E-state index contributed by atoms with van der Waals surface area (Å²) in [7, 11) is 0. The lowest BCUT2D eigenvalue weighted by Gasteiger charge is -2.00. The number of aromatic amines is 1. The van der Waals surface area contributed by atoms with Crippen molar-refractivity contribution in [3.05, 3.63) is 35.5 Å². The van der Waals surface area contributed by atoms with Gasteiger partial charge in [-0.25, -0.2) is 15.0 Å². The quantitative estimate of drug-likeness (QED) is 0.452. The Morgan fingerprint density at radius 2 is 2.00 bits per heavy atom. The van der Waals surface area contributed by atoms with Crippen molar-refractivity contribution in [2.45, 2.75) is 15.3 Å². The monoisotopic (exact) mass is 308 g/mol. The van der Waals surface area contributed by atoms with Gasteiger partial charge >= 0.3 is 0 Å². The molecule has 0 unspecified atom stereocenters. The molecule has 0 atom stereocenters. The summed E-state index contributed by atoms with van der Waals surface area (Å²) in [5.41, 5.74) is 1.95. The number of rotatable bonds is 3. The Morgan fingerprint density at radius 3 is 2.79 bits per heavy atom. The standard InChI is InChI=1S/C12H9ClN4S2/c1-18-11-16-9(13)6-10(17-11)19-12-14-7-4-2-3-5-8(7)15-12/h2-6H,1H3,(H,14,15). The van der Waals surface area contributed by atoms with Crippen molar-refractivity contribution in [2.24, 2.45) is 0 Å². The number of nitrogens with zero attached hydrogens (tertiary/aromatic N) is 3. The third kappa shape index (κ3) is 2.86. The van der Waals surface area contributed by atoms with E-state index < -0.39 is 0 Å². The molecule has 0 aliphatic rings. The minimum atomic E-state index is 0.443. The first-order chi connectivity index (χ1) is 9.24. The van der Waals surface area contributed by atoms with Gasteiger partial charge in [0.1, 0.15) is 10.2 Å². The van der Waals surface area contributed by atoms with Gasteiger partial charge in [-0.2, -0.15) is 0 Å².